The lowest BCUT2D eigenvalue weighted by Gasteiger charge is -2.27. The van der Waals surface area contributed by atoms with E-state index in [1.807, 2.05) is 20.8 Å². The number of aromatic nitrogens is 1. The van der Waals surface area contributed by atoms with E-state index in [9.17, 15) is 0 Å². The first-order valence-electron chi connectivity index (χ1n) is 6.08. The third kappa shape index (κ3) is 3.29. The molecule has 0 unspecified atom stereocenters. The summed E-state index contributed by atoms with van der Waals surface area (Å²) >= 11 is 0. The Hall–Kier alpha value is -0.930. The fourth-order valence-electron chi connectivity index (χ4n) is 1.92. The molecule has 90 valence electrons. The normalized spacial score (nSPS) is 15.0. The first-order chi connectivity index (χ1) is 7.79. The molecule has 1 aliphatic rings. The second kappa shape index (κ2) is 6.61. The van der Waals surface area contributed by atoms with Gasteiger partial charge in [0.25, 0.3) is 0 Å². The highest BCUT2D eigenvalue weighted by Crippen LogP contribution is 2.16. The molecule has 0 spiro atoms. The summed E-state index contributed by atoms with van der Waals surface area (Å²) in [7, 11) is 0. The fraction of sp³-hybridized carbons (Fsp3) is 0.615. The van der Waals surface area contributed by atoms with Crippen molar-refractivity contribution < 1.29 is 5.11 Å². The third-order valence-corrected chi connectivity index (χ3v) is 2.68. The minimum Gasteiger partial charge on any atom is -0.395 e. The molecule has 0 aliphatic carbocycles. The van der Waals surface area contributed by atoms with E-state index in [2.05, 4.69) is 22.0 Å². The van der Waals surface area contributed by atoms with Crippen LogP contribution in [0.4, 0.5) is 0 Å². The van der Waals surface area contributed by atoms with E-state index >= 15 is 0 Å². The number of aliphatic hydroxyl groups is 1. The van der Waals surface area contributed by atoms with Crippen LogP contribution in [-0.2, 0) is 13.0 Å². The molecule has 1 aromatic rings. The number of aliphatic hydroxyl groups excluding tert-OH is 1. The summed E-state index contributed by atoms with van der Waals surface area (Å²) in [6, 6.07) is 4.21. The van der Waals surface area contributed by atoms with Crippen molar-refractivity contribution in [2.24, 2.45) is 0 Å². The summed E-state index contributed by atoms with van der Waals surface area (Å²) in [4.78, 5) is 6.78. The number of hydrogen-bond acceptors (Lipinski definition) is 3. The SMILES string of the molecule is CC.Cc1ccc2c(n1)CCN(CCO)C2. The number of rotatable bonds is 2. The summed E-state index contributed by atoms with van der Waals surface area (Å²) in [5.41, 5.74) is 3.65. The number of fused-ring (bicyclic) bond motifs is 1. The van der Waals surface area contributed by atoms with Gasteiger partial charge in [-0.15, -0.1) is 0 Å². The molecular formula is C13H22N2O. The van der Waals surface area contributed by atoms with Crippen molar-refractivity contribution in [1.82, 2.24) is 9.88 Å². The average molecular weight is 222 g/mol. The van der Waals surface area contributed by atoms with Gasteiger partial charge in [-0.3, -0.25) is 9.88 Å². The van der Waals surface area contributed by atoms with Crippen LogP contribution in [0.3, 0.4) is 0 Å². The Morgan fingerprint density at radius 3 is 2.81 bits per heavy atom. The van der Waals surface area contributed by atoms with Gasteiger partial charge in [-0.1, -0.05) is 19.9 Å². The van der Waals surface area contributed by atoms with Crippen molar-refractivity contribution in [1.29, 1.82) is 0 Å². The Morgan fingerprint density at radius 2 is 2.12 bits per heavy atom. The van der Waals surface area contributed by atoms with Gasteiger partial charge in [0.15, 0.2) is 0 Å². The van der Waals surface area contributed by atoms with Gasteiger partial charge >= 0.3 is 0 Å². The van der Waals surface area contributed by atoms with E-state index in [1.165, 1.54) is 11.3 Å². The maximum atomic E-state index is 8.85. The summed E-state index contributed by atoms with van der Waals surface area (Å²) < 4.78 is 0. The van der Waals surface area contributed by atoms with E-state index in [1.54, 1.807) is 0 Å². The minimum absolute atomic E-state index is 0.245. The van der Waals surface area contributed by atoms with Gasteiger partial charge in [0.05, 0.1) is 6.61 Å². The molecule has 1 aliphatic heterocycles. The van der Waals surface area contributed by atoms with Gasteiger partial charge in [-0.25, -0.2) is 0 Å². The second-order valence-corrected chi connectivity index (χ2v) is 3.81. The molecule has 1 N–H and O–H groups in total. The Morgan fingerprint density at radius 1 is 1.38 bits per heavy atom. The molecule has 2 rings (SSSR count). The van der Waals surface area contributed by atoms with Gasteiger partial charge in [-0.2, -0.15) is 0 Å². The maximum Gasteiger partial charge on any atom is 0.0558 e. The topological polar surface area (TPSA) is 36.4 Å². The van der Waals surface area contributed by atoms with E-state index in [-0.39, 0.29) is 6.61 Å². The van der Waals surface area contributed by atoms with E-state index in [0.29, 0.717) is 0 Å². The van der Waals surface area contributed by atoms with Crippen LogP contribution in [0, 0.1) is 6.92 Å². The largest absolute Gasteiger partial charge is 0.395 e. The molecule has 3 nitrogen and oxygen atoms in total. The molecule has 0 bridgehead atoms. The van der Waals surface area contributed by atoms with Crippen LogP contribution in [-0.4, -0.2) is 34.7 Å². The van der Waals surface area contributed by atoms with Gasteiger partial charge in [0.2, 0.25) is 0 Å². The maximum absolute atomic E-state index is 8.85. The van der Waals surface area contributed by atoms with Gasteiger partial charge in [-0.05, 0) is 18.6 Å². The Kier molecular flexibility index (Phi) is 5.43. The molecule has 0 radical (unpaired) electrons. The first kappa shape index (κ1) is 13.1. The van der Waals surface area contributed by atoms with Crippen LogP contribution in [0.5, 0.6) is 0 Å². The van der Waals surface area contributed by atoms with Crippen molar-refractivity contribution in [3.05, 3.63) is 29.1 Å². The van der Waals surface area contributed by atoms with Crippen molar-refractivity contribution in [3.63, 3.8) is 0 Å². The molecule has 3 heteroatoms. The fourth-order valence-corrected chi connectivity index (χ4v) is 1.92. The molecule has 0 amide bonds. The van der Waals surface area contributed by atoms with Crippen molar-refractivity contribution >= 4 is 0 Å². The third-order valence-electron chi connectivity index (χ3n) is 2.68. The predicted octanol–water partition coefficient (Wildman–Crippen LogP) is 1.77. The smallest absolute Gasteiger partial charge is 0.0558 e. The summed E-state index contributed by atoms with van der Waals surface area (Å²) in [6.45, 7) is 9.00. The molecule has 16 heavy (non-hydrogen) atoms. The molecule has 2 heterocycles. The second-order valence-electron chi connectivity index (χ2n) is 3.81. The van der Waals surface area contributed by atoms with Crippen LogP contribution in [0.25, 0.3) is 0 Å². The number of β-amino-alcohol motifs (C(OH)–C–C–N with tert-alkyl or cyclic N) is 1. The summed E-state index contributed by atoms with van der Waals surface area (Å²) in [6.07, 6.45) is 1.01. The quantitative estimate of drug-likeness (QED) is 0.828. The minimum atomic E-state index is 0.245. The number of pyridine rings is 1. The van der Waals surface area contributed by atoms with Crippen molar-refractivity contribution in [2.45, 2.75) is 33.7 Å². The van der Waals surface area contributed by atoms with Gasteiger partial charge in [0.1, 0.15) is 0 Å². The molecule has 0 saturated carbocycles. The lowest BCUT2D eigenvalue weighted by atomic mass is 10.1. The molecule has 0 saturated heterocycles. The van der Waals surface area contributed by atoms with Crippen LogP contribution in [0.2, 0.25) is 0 Å². The summed E-state index contributed by atoms with van der Waals surface area (Å²) in [5.74, 6) is 0. The molecule has 0 atom stereocenters. The number of nitrogens with zero attached hydrogens (tertiary/aromatic N) is 2. The Balaban J connectivity index is 0.000000606. The highest BCUT2D eigenvalue weighted by molar-refractivity contribution is 5.24. The highest BCUT2D eigenvalue weighted by Gasteiger charge is 2.16. The Labute approximate surface area is 98.1 Å². The highest BCUT2D eigenvalue weighted by atomic mass is 16.3. The number of aryl methyl sites for hydroxylation is 1. The summed E-state index contributed by atoms with van der Waals surface area (Å²) in [5, 5.41) is 8.85. The molecule has 0 fully saturated rings. The predicted molar refractivity (Wildman–Crippen MR) is 66.4 cm³/mol. The van der Waals surface area contributed by atoms with Crippen molar-refractivity contribution in [2.75, 3.05) is 19.7 Å². The monoisotopic (exact) mass is 222 g/mol. The van der Waals surface area contributed by atoms with Gasteiger partial charge < -0.3 is 5.11 Å². The van der Waals surface area contributed by atoms with Crippen molar-refractivity contribution in [3.8, 4) is 0 Å². The molecule has 1 aromatic heterocycles. The van der Waals surface area contributed by atoms with Crippen LogP contribution in [0.15, 0.2) is 12.1 Å². The zero-order valence-electron chi connectivity index (χ0n) is 10.5. The Bertz CT molecular complexity index is 326. The molecular weight excluding hydrogens is 200 g/mol. The van der Waals surface area contributed by atoms with Crippen LogP contribution in [0.1, 0.15) is 30.8 Å². The van der Waals surface area contributed by atoms with Gasteiger partial charge in [0, 0.05) is 37.4 Å². The zero-order valence-corrected chi connectivity index (χ0v) is 10.5. The number of hydrogen-bond donors (Lipinski definition) is 1. The first-order valence-corrected chi connectivity index (χ1v) is 6.08. The van der Waals surface area contributed by atoms with Crippen LogP contribution < -0.4 is 0 Å². The average Bonchev–Trinajstić information content (AvgIpc) is 2.32. The zero-order chi connectivity index (χ0) is 12.0. The van der Waals surface area contributed by atoms with E-state index in [0.717, 1.165) is 31.7 Å². The lowest BCUT2D eigenvalue weighted by molar-refractivity contribution is 0.183. The lowest BCUT2D eigenvalue weighted by Crippen LogP contribution is -2.33. The van der Waals surface area contributed by atoms with E-state index < -0.39 is 0 Å². The molecule has 0 aromatic carbocycles. The van der Waals surface area contributed by atoms with Crippen LogP contribution >= 0.6 is 0 Å². The standard InChI is InChI=1S/C11H16N2O.C2H6/c1-9-2-3-10-8-13(6-7-14)5-4-11(10)12-9;1-2/h2-3,14H,4-8H2,1H3;1-2H3. The van der Waals surface area contributed by atoms with E-state index in [4.69, 9.17) is 5.11 Å².